The van der Waals surface area contributed by atoms with Crippen LogP contribution in [-0.4, -0.2) is 35.6 Å². The Balaban J connectivity index is 1.90. The lowest BCUT2D eigenvalue weighted by Gasteiger charge is -2.41. The zero-order valence-electron chi connectivity index (χ0n) is 12.6. The van der Waals surface area contributed by atoms with Crippen LogP contribution in [0.5, 0.6) is 0 Å². The van der Waals surface area contributed by atoms with E-state index in [1.807, 2.05) is 0 Å². The molecule has 2 aliphatic rings. The number of likely N-dealkylation sites (tertiary alicyclic amines) is 1. The number of nitrogens with one attached hydrogen (secondary N) is 1. The molecule has 1 aliphatic carbocycles. The highest BCUT2D eigenvalue weighted by Gasteiger charge is 2.36. The zero-order valence-corrected chi connectivity index (χ0v) is 12.6. The summed E-state index contributed by atoms with van der Waals surface area (Å²) in [4.78, 5) is 2.49. The van der Waals surface area contributed by atoms with Crippen LogP contribution < -0.4 is 5.32 Å². The summed E-state index contributed by atoms with van der Waals surface area (Å²) in [5.41, 5.74) is -0.250. The van der Waals surface area contributed by atoms with Crippen molar-refractivity contribution >= 4 is 0 Å². The average Bonchev–Trinajstić information content (AvgIpc) is 2.68. The highest BCUT2D eigenvalue weighted by molar-refractivity contribution is 5.11. The zero-order chi connectivity index (χ0) is 13.7. The monoisotopic (exact) mass is 263 g/mol. The lowest BCUT2D eigenvalue weighted by atomic mass is 9.87. The minimum absolute atomic E-state index is 0.250. The molecule has 1 saturated carbocycles. The van der Waals surface area contributed by atoms with E-state index in [9.17, 15) is 5.26 Å². The quantitative estimate of drug-likeness (QED) is 0.795. The summed E-state index contributed by atoms with van der Waals surface area (Å²) in [6, 6.07) is 3.79. The third-order valence-corrected chi connectivity index (χ3v) is 4.93. The summed E-state index contributed by atoms with van der Waals surface area (Å²) in [5.74, 6) is 0. The van der Waals surface area contributed by atoms with Crippen molar-refractivity contribution < 1.29 is 0 Å². The molecule has 1 aliphatic heterocycles. The van der Waals surface area contributed by atoms with Crippen LogP contribution in [0.4, 0.5) is 0 Å². The third-order valence-electron chi connectivity index (χ3n) is 4.93. The molecule has 1 saturated heterocycles. The van der Waals surface area contributed by atoms with Crippen LogP contribution in [0.1, 0.15) is 65.2 Å². The second-order valence-corrected chi connectivity index (χ2v) is 6.66. The van der Waals surface area contributed by atoms with Crippen molar-refractivity contribution in [2.24, 2.45) is 0 Å². The maximum Gasteiger partial charge on any atom is 0.109 e. The first kappa shape index (κ1) is 14.8. The molecular formula is C16H29N3. The van der Waals surface area contributed by atoms with E-state index >= 15 is 0 Å². The Kier molecular flexibility index (Phi) is 5.24. The van der Waals surface area contributed by atoms with Gasteiger partial charge >= 0.3 is 0 Å². The van der Waals surface area contributed by atoms with E-state index in [4.69, 9.17) is 0 Å². The van der Waals surface area contributed by atoms with Crippen LogP contribution in [0.25, 0.3) is 0 Å². The molecule has 2 fully saturated rings. The van der Waals surface area contributed by atoms with Gasteiger partial charge in [0.25, 0.3) is 0 Å². The summed E-state index contributed by atoms with van der Waals surface area (Å²) in [5, 5.41) is 13.4. The molecule has 2 rings (SSSR count). The number of rotatable bonds is 3. The summed E-state index contributed by atoms with van der Waals surface area (Å²) >= 11 is 0. The minimum atomic E-state index is -0.250. The fourth-order valence-electron chi connectivity index (χ4n) is 3.52. The molecule has 0 atom stereocenters. The molecule has 0 radical (unpaired) electrons. The van der Waals surface area contributed by atoms with Gasteiger partial charge in [-0.3, -0.25) is 5.32 Å². The molecule has 0 amide bonds. The lowest BCUT2D eigenvalue weighted by Crippen LogP contribution is -2.56. The van der Waals surface area contributed by atoms with Gasteiger partial charge in [-0.1, -0.05) is 25.7 Å². The van der Waals surface area contributed by atoms with Gasteiger partial charge in [-0.2, -0.15) is 5.26 Å². The van der Waals surface area contributed by atoms with E-state index < -0.39 is 0 Å². The molecule has 0 aromatic rings. The molecule has 19 heavy (non-hydrogen) atoms. The van der Waals surface area contributed by atoms with Gasteiger partial charge in [-0.25, -0.2) is 0 Å². The normalized spacial score (nSPS) is 26.0. The van der Waals surface area contributed by atoms with E-state index in [1.54, 1.807) is 0 Å². The lowest BCUT2D eigenvalue weighted by molar-refractivity contribution is 0.128. The standard InChI is InChI=1S/C16H29N3/c1-14(2)19-11-9-16(13-17,10-12-19)18-15-7-5-3-4-6-8-15/h14-15,18H,3-12H2,1-2H3. The fourth-order valence-corrected chi connectivity index (χ4v) is 3.52. The van der Waals surface area contributed by atoms with Crippen molar-refractivity contribution in [3.05, 3.63) is 0 Å². The van der Waals surface area contributed by atoms with Crippen molar-refractivity contribution in [1.29, 1.82) is 5.26 Å². The second-order valence-electron chi connectivity index (χ2n) is 6.66. The van der Waals surface area contributed by atoms with Crippen LogP contribution in [0.3, 0.4) is 0 Å². The summed E-state index contributed by atoms with van der Waals surface area (Å²) < 4.78 is 0. The molecule has 3 nitrogen and oxygen atoms in total. The molecule has 0 spiro atoms. The van der Waals surface area contributed by atoms with Crippen molar-refractivity contribution in [1.82, 2.24) is 10.2 Å². The molecule has 108 valence electrons. The van der Waals surface area contributed by atoms with Crippen molar-refractivity contribution in [3.8, 4) is 6.07 Å². The minimum Gasteiger partial charge on any atom is -0.301 e. The second kappa shape index (κ2) is 6.72. The topological polar surface area (TPSA) is 39.1 Å². The van der Waals surface area contributed by atoms with E-state index in [-0.39, 0.29) is 5.54 Å². The van der Waals surface area contributed by atoms with Crippen LogP contribution in [0.2, 0.25) is 0 Å². The first-order valence-corrected chi connectivity index (χ1v) is 8.08. The van der Waals surface area contributed by atoms with Crippen molar-refractivity contribution in [3.63, 3.8) is 0 Å². The number of nitriles is 1. The maximum absolute atomic E-state index is 9.64. The predicted octanol–water partition coefficient (Wildman–Crippen LogP) is 3.07. The van der Waals surface area contributed by atoms with Crippen molar-refractivity contribution in [2.75, 3.05) is 13.1 Å². The van der Waals surface area contributed by atoms with Crippen molar-refractivity contribution in [2.45, 2.75) is 82.8 Å². The van der Waals surface area contributed by atoms with Gasteiger partial charge in [0.05, 0.1) is 6.07 Å². The van der Waals surface area contributed by atoms with Gasteiger partial charge in [-0.05, 0) is 39.5 Å². The van der Waals surface area contributed by atoms with Gasteiger partial charge in [0.15, 0.2) is 0 Å². The number of nitrogens with zero attached hydrogens (tertiary/aromatic N) is 2. The molecule has 0 bridgehead atoms. The summed E-state index contributed by atoms with van der Waals surface area (Å²) in [6.45, 7) is 6.62. The molecule has 1 N–H and O–H groups in total. The maximum atomic E-state index is 9.64. The van der Waals surface area contributed by atoms with Crippen LogP contribution >= 0.6 is 0 Å². The molecular weight excluding hydrogens is 234 g/mol. The van der Waals surface area contributed by atoms with Gasteiger partial charge in [0, 0.05) is 25.2 Å². The Hall–Kier alpha value is -0.590. The Labute approximate surface area is 118 Å². The van der Waals surface area contributed by atoms with E-state index in [1.165, 1.54) is 38.5 Å². The Bertz CT molecular complexity index is 302. The largest absolute Gasteiger partial charge is 0.301 e. The van der Waals surface area contributed by atoms with Crippen LogP contribution in [-0.2, 0) is 0 Å². The third kappa shape index (κ3) is 3.94. The predicted molar refractivity (Wildman–Crippen MR) is 78.9 cm³/mol. The highest BCUT2D eigenvalue weighted by Crippen LogP contribution is 2.26. The molecule has 3 heteroatoms. The smallest absolute Gasteiger partial charge is 0.109 e. The molecule has 0 unspecified atom stereocenters. The van der Waals surface area contributed by atoms with Gasteiger partial charge in [-0.15, -0.1) is 0 Å². The van der Waals surface area contributed by atoms with Gasteiger partial charge in [0.1, 0.15) is 5.54 Å². The fraction of sp³-hybridized carbons (Fsp3) is 0.938. The van der Waals surface area contributed by atoms with Gasteiger partial charge < -0.3 is 4.90 Å². The Morgan fingerprint density at radius 1 is 1.11 bits per heavy atom. The Morgan fingerprint density at radius 2 is 1.68 bits per heavy atom. The SMILES string of the molecule is CC(C)N1CCC(C#N)(NC2CCCCCC2)CC1. The molecule has 1 heterocycles. The number of hydrogen-bond acceptors (Lipinski definition) is 3. The van der Waals surface area contributed by atoms with Gasteiger partial charge in [0.2, 0.25) is 0 Å². The summed E-state index contributed by atoms with van der Waals surface area (Å²) in [6.07, 6.45) is 9.90. The molecule has 0 aromatic carbocycles. The van der Waals surface area contributed by atoms with E-state index in [0.717, 1.165) is 25.9 Å². The van der Waals surface area contributed by atoms with E-state index in [0.29, 0.717) is 12.1 Å². The van der Waals surface area contributed by atoms with Crippen LogP contribution in [0, 0.1) is 11.3 Å². The first-order valence-electron chi connectivity index (χ1n) is 8.08. The van der Waals surface area contributed by atoms with E-state index in [2.05, 4.69) is 30.1 Å². The summed E-state index contributed by atoms with van der Waals surface area (Å²) in [7, 11) is 0. The number of hydrogen-bond donors (Lipinski definition) is 1. The number of piperidine rings is 1. The highest BCUT2D eigenvalue weighted by atomic mass is 15.2. The first-order chi connectivity index (χ1) is 9.15. The van der Waals surface area contributed by atoms with Crippen LogP contribution in [0.15, 0.2) is 0 Å². The Morgan fingerprint density at radius 3 is 2.16 bits per heavy atom. The molecule has 0 aromatic heterocycles. The average molecular weight is 263 g/mol.